The molecule has 0 aromatic heterocycles. The minimum absolute atomic E-state index is 0.139. The van der Waals surface area contributed by atoms with Crippen LogP contribution in [-0.4, -0.2) is 64.7 Å². The molecule has 9 nitrogen and oxygen atoms in total. The van der Waals surface area contributed by atoms with Gasteiger partial charge < -0.3 is 15.0 Å². The first-order valence-corrected chi connectivity index (χ1v) is 14.0. The fraction of sp³-hybridized carbons (Fsp3) is 0.312. The van der Waals surface area contributed by atoms with Gasteiger partial charge in [0.05, 0.1) is 6.04 Å². The second kappa shape index (κ2) is 11.5. The molecule has 210 valence electrons. The average molecular weight is 553 g/mol. The number of piperidine rings is 2. The van der Waals surface area contributed by atoms with Crippen LogP contribution in [0.2, 0.25) is 0 Å². The van der Waals surface area contributed by atoms with E-state index in [-0.39, 0.29) is 42.8 Å². The quantitative estimate of drug-likeness (QED) is 0.437. The molecule has 9 heteroatoms. The van der Waals surface area contributed by atoms with Gasteiger partial charge in [-0.15, -0.1) is 0 Å². The van der Waals surface area contributed by atoms with Crippen molar-refractivity contribution in [3.63, 3.8) is 0 Å². The number of hydrogen-bond acceptors (Lipinski definition) is 6. The van der Waals surface area contributed by atoms with Crippen molar-refractivity contribution in [1.29, 1.82) is 0 Å². The zero-order valence-electron chi connectivity index (χ0n) is 22.6. The van der Waals surface area contributed by atoms with Crippen LogP contribution in [0.15, 0.2) is 78.9 Å². The summed E-state index contributed by atoms with van der Waals surface area (Å²) in [5.74, 6) is -0.501. The largest absolute Gasteiger partial charge is 0.487 e. The van der Waals surface area contributed by atoms with E-state index in [0.29, 0.717) is 29.8 Å². The number of carbonyl (C=O) groups excluding carboxylic acids is 4. The summed E-state index contributed by atoms with van der Waals surface area (Å²) in [7, 11) is 0. The molecule has 41 heavy (non-hydrogen) atoms. The first-order chi connectivity index (χ1) is 19.9. The van der Waals surface area contributed by atoms with Crippen LogP contribution in [0.4, 0.5) is 0 Å². The van der Waals surface area contributed by atoms with Gasteiger partial charge in [-0.25, -0.2) is 0 Å². The molecule has 0 aliphatic carbocycles. The standard InChI is InChI=1S/C32H32N4O5/c37-29-14-13-27(31(39)34-29)36-19-23-17-24(11-12-25(23)32(36)40)41-28-20-35(18-21-7-3-1-4-8-21)16-15-26(28)33-30(38)22-9-5-2-6-10-22/h1-12,17,26-28H,13-16,18-20H2,(H,33,38)(H,34,37,39). The van der Waals surface area contributed by atoms with Gasteiger partial charge in [0.2, 0.25) is 11.8 Å². The van der Waals surface area contributed by atoms with E-state index < -0.39 is 11.9 Å². The molecule has 3 aliphatic rings. The van der Waals surface area contributed by atoms with Crippen molar-refractivity contribution in [2.75, 3.05) is 13.1 Å². The topological polar surface area (TPSA) is 108 Å². The number of nitrogens with one attached hydrogen (secondary N) is 2. The monoisotopic (exact) mass is 552 g/mol. The van der Waals surface area contributed by atoms with Crippen LogP contribution in [-0.2, 0) is 22.7 Å². The maximum absolute atomic E-state index is 13.1. The summed E-state index contributed by atoms with van der Waals surface area (Å²) in [5.41, 5.74) is 3.12. The Morgan fingerprint density at radius 2 is 1.71 bits per heavy atom. The molecule has 3 heterocycles. The van der Waals surface area contributed by atoms with Gasteiger partial charge in [-0.3, -0.25) is 29.4 Å². The lowest BCUT2D eigenvalue weighted by atomic mass is 10.00. The molecular formula is C32H32N4O5. The van der Waals surface area contributed by atoms with Crippen molar-refractivity contribution in [2.24, 2.45) is 0 Å². The van der Waals surface area contributed by atoms with E-state index in [9.17, 15) is 19.2 Å². The van der Waals surface area contributed by atoms with E-state index in [2.05, 4.69) is 27.7 Å². The molecule has 3 aliphatic heterocycles. The molecule has 3 aromatic carbocycles. The predicted octanol–water partition coefficient (Wildman–Crippen LogP) is 2.90. The number of hydrogen-bond donors (Lipinski definition) is 2. The first kappa shape index (κ1) is 26.7. The molecule has 3 aromatic rings. The van der Waals surface area contributed by atoms with Gasteiger partial charge in [0, 0.05) is 43.7 Å². The van der Waals surface area contributed by atoms with Gasteiger partial charge in [0.1, 0.15) is 17.9 Å². The zero-order valence-corrected chi connectivity index (χ0v) is 22.6. The molecule has 0 spiro atoms. The van der Waals surface area contributed by atoms with Crippen LogP contribution < -0.4 is 15.4 Å². The van der Waals surface area contributed by atoms with Gasteiger partial charge in [0.15, 0.2) is 0 Å². The highest BCUT2D eigenvalue weighted by molar-refractivity contribution is 6.05. The van der Waals surface area contributed by atoms with Crippen molar-refractivity contribution in [2.45, 2.75) is 50.5 Å². The van der Waals surface area contributed by atoms with Crippen LogP contribution >= 0.6 is 0 Å². The summed E-state index contributed by atoms with van der Waals surface area (Å²) >= 11 is 0. The summed E-state index contributed by atoms with van der Waals surface area (Å²) in [5, 5.41) is 5.52. The van der Waals surface area contributed by atoms with E-state index in [0.717, 1.165) is 25.1 Å². The Kier molecular flexibility index (Phi) is 7.52. The van der Waals surface area contributed by atoms with Gasteiger partial charge in [-0.05, 0) is 54.3 Å². The highest BCUT2D eigenvalue weighted by Crippen LogP contribution is 2.31. The second-order valence-electron chi connectivity index (χ2n) is 10.8. The maximum Gasteiger partial charge on any atom is 0.255 e. The third-order valence-electron chi connectivity index (χ3n) is 8.03. The highest BCUT2D eigenvalue weighted by atomic mass is 16.5. The van der Waals surface area contributed by atoms with Gasteiger partial charge in [-0.1, -0.05) is 48.5 Å². The minimum Gasteiger partial charge on any atom is -0.487 e. The fourth-order valence-electron chi connectivity index (χ4n) is 5.89. The maximum atomic E-state index is 13.1. The molecule has 2 N–H and O–H groups in total. The Morgan fingerprint density at radius 3 is 2.46 bits per heavy atom. The van der Waals surface area contributed by atoms with Crippen LogP contribution in [0.25, 0.3) is 0 Å². The minimum atomic E-state index is -0.667. The van der Waals surface area contributed by atoms with E-state index >= 15 is 0 Å². The number of amides is 4. The summed E-state index contributed by atoms with van der Waals surface area (Å²) in [4.78, 5) is 54.0. The Hall–Kier alpha value is -4.50. The number of nitrogens with zero attached hydrogens (tertiary/aromatic N) is 2. The van der Waals surface area contributed by atoms with Crippen molar-refractivity contribution < 1.29 is 23.9 Å². The molecule has 3 unspecified atom stereocenters. The Balaban J connectivity index is 1.19. The molecule has 4 amide bonds. The summed E-state index contributed by atoms with van der Waals surface area (Å²) in [6, 6.07) is 23.9. The second-order valence-corrected chi connectivity index (χ2v) is 10.8. The first-order valence-electron chi connectivity index (χ1n) is 14.0. The Bertz CT molecular complexity index is 1460. The summed E-state index contributed by atoms with van der Waals surface area (Å²) in [6.45, 7) is 2.48. The predicted molar refractivity (Wildman–Crippen MR) is 151 cm³/mol. The number of imide groups is 1. The molecule has 2 saturated heterocycles. The molecule has 2 fully saturated rings. The SMILES string of the molecule is O=C1CCC(N2Cc3cc(OC4CN(Cc5ccccc5)CCC4NC(=O)c4ccccc4)ccc3C2=O)C(=O)N1. The van der Waals surface area contributed by atoms with E-state index in [1.54, 1.807) is 24.3 Å². The third-order valence-corrected chi connectivity index (χ3v) is 8.03. The normalized spacial score (nSPS) is 22.7. The smallest absolute Gasteiger partial charge is 0.255 e. The zero-order chi connectivity index (χ0) is 28.3. The van der Waals surface area contributed by atoms with E-state index in [4.69, 9.17) is 4.74 Å². The third kappa shape index (κ3) is 5.85. The molecule has 0 bridgehead atoms. The van der Waals surface area contributed by atoms with Crippen molar-refractivity contribution in [3.8, 4) is 5.75 Å². The number of ether oxygens (including phenoxy) is 1. The van der Waals surface area contributed by atoms with Gasteiger partial charge in [0.25, 0.3) is 11.8 Å². The lowest BCUT2D eigenvalue weighted by Crippen LogP contribution is -2.56. The molecular weight excluding hydrogens is 520 g/mol. The van der Waals surface area contributed by atoms with E-state index in [1.165, 1.54) is 10.5 Å². The number of benzene rings is 3. The summed E-state index contributed by atoms with van der Waals surface area (Å²) in [6.07, 6.45) is 0.933. The summed E-state index contributed by atoms with van der Waals surface area (Å²) < 4.78 is 6.54. The molecule has 6 rings (SSSR count). The van der Waals surface area contributed by atoms with Crippen molar-refractivity contribution in [1.82, 2.24) is 20.4 Å². The van der Waals surface area contributed by atoms with Crippen LogP contribution in [0.3, 0.4) is 0 Å². The molecule has 3 atom stereocenters. The lowest BCUT2D eigenvalue weighted by Gasteiger charge is -2.39. The van der Waals surface area contributed by atoms with Crippen molar-refractivity contribution in [3.05, 3.63) is 101 Å². The lowest BCUT2D eigenvalue weighted by molar-refractivity contribution is -0.136. The average Bonchev–Trinajstić information content (AvgIpc) is 3.30. The number of fused-ring (bicyclic) bond motifs is 1. The van der Waals surface area contributed by atoms with Crippen molar-refractivity contribution >= 4 is 23.6 Å². The van der Waals surface area contributed by atoms with Crippen LogP contribution in [0.1, 0.15) is 51.1 Å². The molecule has 0 saturated carbocycles. The highest BCUT2D eigenvalue weighted by Gasteiger charge is 2.39. The Morgan fingerprint density at radius 1 is 0.951 bits per heavy atom. The van der Waals surface area contributed by atoms with E-state index in [1.807, 2.05) is 42.5 Å². The Labute approximate surface area is 238 Å². The van der Waals surface area contributed by atoms with Gasteiger partial charge in [-0.2, -0.15) is 0 Å². The number of likely N-dealkylation sites (tertiary alicyclic amines) is 1. The van der Waals surface area contributed by atoms with Crippen LogP contribution in [0.5, 0.6) is 5.75 Å². The fourth-order valence-corrected chi connectivity index (χ4v) is 5.89. The number of carbonyl (C=O) groups is 4. The van der Waals surface area contributed by atoms with Crippen LogP contribution in [0, 0.1) is 0 Å². The number of rotatable bonds is 7. The van der Waals surface area contributed by atoms with Gasteiger partial charge >= 0.3 is 0 Å². The molecule has 0 radical (unpaired) electrons.